The van der Waals surface area contributed by atoms with E-state index in [1.54, 1.807) is 125 Å². The minimum Gasteiger partial charge on any atom is -0.494 e. The molecule has 0 aliphatic rings. The number of anilines is 8. The lowest BCUT2D eigenvalue weighted by Crippen LogP contribution is -2.38. The van der Waals surface area contributed by atoms with Gasteiger partial charge in [-0.2, -0.15) is 0 Å². The van der Waals surface area contributed by atoms with Crippen LogP contribution in [-0.2, 0) is 36.8 Å². The van der Waals surface area contributed by atoms with Gasteiger partial charge in [-0.05, 0) is 126 Å². The summed E-state index contributed by atoms with van der Waals surface area (Å²) in [7, 11) is 9.97. The molecular formula is C75H96N14O11. The van der Waals surface area contributed by atoms with Crippen molar-refractivity contribution >= 4 is 98.1 Å². The molecule has 0 aliphatic heterocycles. The normalized spacial score (nSPS) is 11.5. The third-order valence-corrected chi connectivity index (χ3v) is 14.9. The van der Waals surface area contributed by atoms with E-state index in [0.29, 0.717) is 84.8 Å². The molecule has 4 heterocycles. The smallest absolute Gasteiger partial charge is 0.422 e. The molecule has 0 radical (unpaired) electrons. The first-order valence-electron chi connectivity index (χ1n) is 32.5. The molecule has 0 saturated heterocycles. The number of likely N-dealkylation sites (N-methyl/N-ethyl adjacent to an activating group) is 4. The highest BCUT2D eigenvalue weighted by Crippen LogP contribution is 2.44. The number of ether oxygens (including phenoxy) is 6. The van der Waals surface area contributed by atoms with Crippen LogP contribution in [0.25, 0.3) is 44.3 Å². The number of carbonyl (C=O) groups excluding carboxylic acids is 5. The number of benzene rings is 4. The van der Waals surface area contributed by atoms with Crippen LogP contribution in [0, 0.1) is 0 Å². The molecule has 0 unspecified atom stereocenters. The fourth-order valence-electron chi connectivity index (χ4n) is 10.3. The third kappa shape index (κ3) is 19.6. The van der Waals surface area contributed by atoms with Crippen molar-refractivity contribution in [1.29, 1.82) is 0 Å². The van der Waals surface area contributed by atoms with Crippen molar-refractivity contribution in [2.45, 2.75) is 119 Å². The summed E-state index contributed by atoms with van der Waals surface area (Å²) in [5.74, 6) is 0.233. The number of nitrogen functional groups attached to an aromatic ring is 1. The van der Waals surface area contributed by atoms with Gasteiger partial charge in [0.15, 0.2) is 0 Å². The maximum Gasteiger partial charge on any atom is 0.422 e. The number of hydrogen-bond acceptors (Lipinski definition) is 18. The van der Waals surface area contributed by atoms with Crippen molar-refractivity contribution in [3.05, 3.63) is 148 Å². The number of nitrogens with two attached hydrogens (primary N) is 1. The Morgan fingerprint density at radius 2 is 0.890 bits per heavy atom. The van der Waals surface area contributed by atoms with Gasteiger partial charge in [-0.3, -0.25) is 4.79 Å². The van der Waals surface area contributed by atoms with Crippen LogP contribution in [0.5, 0.6) is 11.5 Å². The highest BCUT2D eigenvalue weighted by atomic mass is 16.6. The first-order chi connectivity index (χ1) is 47.0. The van der Waals surface area contributed by atoms with E-state index in [-0.39, 0.29) is 23.3 Å². The monoisotopic (exact) mass is 1370 g/mol. The van der Waals surface area contributed by atoms with Crippen LogP contribution in [0.1, 0.15) is 83.1 Å². The molecule has 0 aliphatic carbocycles. The number of para-hydroxylation sites is 2. The standard InChI is InChI=1S/C39H49N7O6.C36H47N7O5/c1-12-20-45-25-27(26-16-14-15-17-30(26)45)28-18-19-40-35(42-28)46(37(49)52-39(6,7)8)32-23-29(41-34(47)13-2)31(24-33(32)50-11)43(9)21-22-44(10)36(48)51-38(3,4)5;1-11-18-42-23-25(24-14-12-13-15-28(24)42)27-16-17-38-32(39-27)43(34(45)48-36(5,6)7)30-21-26(37)29(22-31(30)46-10)40(8)19-20-41(9)33(44)47-35(2,3)4/h12-19,23-25H,1-2,20-22H2,3-11H3,(H,41,47);11-17,21-23H,1,18-20,37H2,2-10H3. The lowest BCUT2D eigenvalue weighted by atomic mass is 10.1. The molecule has 25 nitrogen and oxygen atoms in total. The Kier molecular flexibility index (Phi) is 24.4. The van der Waals surface area contributed by atoms with Crippen molar-refractivity contribution in [2.75, 3.05) is 99.2 Å². The molecular weight excluding hydrogens is 1270 g/mol. The van der Waals surface area contributed by atoms with Gasteiger partial charge >= 0.3 is 24.4 Å². The summed E-state index contributed by atoms with van der Waals surface area (Å²) < 4.78 is 38.5. The van der Waals surface area contributed by atoms with Crippen LogP contribution < -0.4 is 40.1 Å². The van der Waals surface area contributed by atoms with Gasteiger partial charge < -0.3 is 68.2 Å². The molecule has 3 N–H and O–H groups in total. The Morgan fingerprint density at radius 3 is 1.28 bits per heavy atom. The van der Waals surface area contributed by atoms with Crippen LogP contribution in [0.3, 0.4) is 0 Å². The fraction of sp³-hybridized carbons (Fsp3) is 0.373. The Hall–Kier alpha value is -11.1. The number of hydrogen-bond donors (Lipinski definition) is 2. The zero-order valence-electron chi connectivity index (χ0n) is 60.9. The van der Waals surface area contributed by atoms with Gasteiger partial charge in [0.2, 0.25) is 17.8 Å². The van der Waals surface area contributed by atoms with E-state index in [4.69, 9.17) is 44.1 Å². The molecule has 0 fully saturated rings. The Bertz CT molecular complexity index is 4290. The summed E-state index contributed by atoms with van der Waals surface area (Å²) in [6.45, 7) is 35.6. The first-order valence-corrected chi connectivity index (χ1v) is 32.5. The molecule has 4 aromatic carbocycles. The summed E-state index contributed by atoms with van der Waals surface area (Å²) >= 11 is 0. The van der Waals surface area contributed by atoms with Gasteiger partial charge in [0.25, 0.3) is 0 Å². The van der Waals surface area contributed by atoms with Crippen molar-refractivity contribution < 1.29 is 52.4 Å². The molecule has 5 amide bonds. The van der Waals surface area contributed by atoms with Crippen molar-refractivity contribution in [1.82, 2.24) is 38.9 Å². The molecule has 25 heteroatoms. The number of allylic oxidation sites excluding steroid dienone is 2. The van der Waals surface area contributed by atoms with Gasteiger partial charge in [-0.25, -0.2) is 48.9 Å². The molecule has 532 valence electrons. The lowest BCUT2D eigenvalue weighted by molar-refractivity contribution is -0.111. The number of nitrogens with one attached hydrogen (secondary N) is 1. The van der Waals surface area contributed by atoms with E-state index < -0.39 is 52.7 Å². The highest BCUT2D eigenvalue weighted by molar-refractivity contribution is 6.05. The van der Waals surface area contributed by atoms with E-state index in [1.807, 2.05) is 118 Å². The van der Waals surface area contributed by atoms with Crippen molar-refractivity contribution in [2.24, 2.45) is 0 Å². The second kappa shape index (κ2) is 32.0. The van der Waals surface area contributed by atoms with E-state index >= 15 is 0 Å². The number of aromatic nitrogens is 6. The number of fused-ring (bicyclic) bond motifs is 2. The largest absolute Gasteiger partial charge is 0.494 e. The molecule has 8 aromatic rings. The van der Waals surface area contributed by atoms with E-state index in [9.17, 15) is 24.0 Å². The molecule has 4 aromatic heterocycles. The van der Waals surface area contributed by atoms with Gasteiger partial charge in [-0.1, -0.05) is 55.1 Å². The van der Waals surface area contributed by atoms with Gasteiger partial charge in [0.05, 0.1) is 59.7 Å². The van der Waals surface area contributed by atoms with Crippen LogP contribution >= 0.6 is 0 Å². The fourth-order valence-corrected chi connectivity index (χ4v) is 10.3. The number of carbonyl (C=O) groups is 5. The minimum atomic E-state index is -0.876. The molecule has 8 rings (SSSR count). The quantitative estimate of drug-likeness (QED) is 0.0276. The van der Waals surface area contributed by atoms with E-state index in [0.717, 1.165) is 39.0 Å². The number of amides is 5. The van der Waals surface area contributed by atoms with Crippen LogP contribution in [0.15, 0.2) is 148 Å². The zero-order chi connectivity index (χ0) is 73.8. The van der Waals surface area contributed by atoms with Crippen molar-refractivity contribution in [3.8, 4) is 34.0 Å². The van der Waals surface area contributed by atoms with E-state index in [1.165, 1.54) is 33.8 Å². The summed E-state index contributed by atoms with van der Waals surface area (Å²) in [5.41, 5.74) is 11.0. The van der Waals surface area contributed by atoms with Gasteiger partial charge in [-0.15, -0.1) is 13.2 Å². The van der Waals surface area contributed by atoms with Gasteiger partial charge in [0, 0.05) is 137 Å². The lowest BCUT2D eigenvalue weighted by Gasteiger charge is -2.30. The summed E-state index contributed by atoms with van der Waals surface area (Å²) in [5, 5.41) is 4.82. The molecule has 0 bridgehead atoms. The predicted octanol–water partition coefficient (Wildman–Crippen LogP) is 15.0. The van der Waals surface area contributed by atoms with Crippen LogP contribution in [-0.4, -0.2) is 160 Å². The Morgan fingerprint density at radius 1 is 0.510 bits per heavy atom. The topological polar surface area (TPSA) is 260 Å². The second-order valence-corrected chi connectivity index (χ2v) is 27.6. The predicted molar refractivity (Wildman–Crippen MR) is 397 cm³/mol. The van der Waals surface area contributed by atoms with Crippen molar-refractivity contribution in [3.63, 3.8) is 0 Å². The van der Waals surface area contributed by atoms with Gasteiger partial charge in [0.1, 0.15) is 33.9 Å². The average Bonchev–Trinajstić information content (AvgIpc) is 1.02. The molecule has 100 heavy (non-hydrogen) atoms. The number of rotatable bonds is 22. The Labute approximate surface area is 586 Å². The summed E-state index contributed by atoms with van der Waals surface area (Å²) in [6, 6.07) is 26.2. The second-order valence-electron chi connectivity index (χ2n) is 27.6. The van der Waals surface area contributed by atoms with Crippen LogP contribution in [0.4, 0.5) is 65.2 Å². The van der Waals surface area contributed by atoms with Crippen LogP contribution in [0.2, 0.25) is 0 Å². The SMILES string of the molecule is C=CCn1cc(-c2ccnc(N(C(=O)OC(C)(C)C)c3cc(N)c(N(C)CCN(C)C(=O)OC(C)(C)C)cc3OC)n2)c2ccccc21.C=CCn1cc(-c2ccnc(N(C(=O)OC(C)(C)C)c3cc(NC(=O)C=C)c(N(C)CCN(C)C(=O)OC(C)(C)C)cc3OC)n2)c2ccccc21. The maximum absolute atomic E-state index is 14.1. The summed E-state index contributed by atoms with van der Waals surface area (Å²) in [6.07, 6.45) is 9.63. The third-order valence-electron chi connectivity index (χ3n) is 14.9. The minimum absolute atomic E-state index is 0.0201. The van der Waals surface area contributed by atoms with E-state index in [2.05, 4.69) is 44.2 Å². The first kappa shape index (κ1) is 76.3. The highest BCUT2D eigenvalue weighted by Gasteiger charge is 2.34. The zero-order valence-corrected chi connectivity index (χ0v) is 60.9. The Balaban J connectivity index is 0.000000282. The number of methoxy groups -OCH3 is 2. The summed E-state index contributed by atoms with van der Waals surface area (Å²) in [4.78, 5) is 93.8. The molecule has 0 spiro atoms. The molecule has 0 saturated carbocycles. The average molecular weight is 1370 g/mol. The maximum atomic E-state index is 14.1. The number of nitrogens with zero attached hydrogens (tertiary/aromatic N) is 12. The molecule has 0 atom stereocenters.